The molecule has 1 saturated heterocycles. The maximum absolute atomic E-state index is 12.9. The van der Waals surface area contributed by atoms with Gasteiger partial charge in [0.15, 0.2) is 0 Å². The van der Waals surface area contributed by atoms with E-state index >= 15 is 0 Å². The van der Waals surface area contributed by atoms with Crippen molar-refractivity contribution in [3.8, 4) is 11.4 Å². The van der Waals surface area contributed by atoms with Crippen LogP contribution in [-0.2, 0) is 0 Å². The second kappa shape index (κ2) is 7.02. The van der Waals surface area contributed by atoms with Crippen LogP contribution in [0.5, 0.6) is 0 Å². The van der Waals surface area contributed by atoms with Gasteiger partial charge in [-0.15, -0.1) is 0 Å². The summed E-state index contributed by atoms with van der Waals surface area (Å²) in [4.78, 5) is 22.1. The molecule has 154 valence electrons. The minimum Gasteiger partial charge on any atom is -0.312 e. The molecule has 7 heteroatoms. The third-order valence-electron chi connectivity index (χ3n) is 6.02. The normalized spacial score (nSPS) is 22.1. The molecule has 1 fully saturated rings. The Bertz CT molecular complexity index is 1310. The smallest absolute Gasteiger partial charge is 0.258 e. The fraction of sp³-hybridized carbons (Fsp3) is 0.391. The van der Waals surface area contributed by atoms with E-state index in [2.05, 4.69) is 35.3 Å². The predicted octanol–water partition coefficient (Wildman–Crippen LogP) is 3.27. The average molecular weight is 403 g/mol. The second-order valence-corrected chi connectivity index (χ2v) is 8.63. The van der Waals surface area contributed by atoms with Gasteiger partial charge in [0.05, 0.1) is 28.8 Å². The van der Waals surface area contributed by atoms with Gasteiger partial charge >= 0.3 is 0 Å². The van der Waals surface area contributed by atoms with Crippen molar-refractivity contribution in [2.24, 2.45) is 0 Å². The van der Waals surface area contributed by atoms with Crippen LogP contribution in [-0.4, -0.2) is 36.1 Å². The van der Waals surface area contributed by atoms with E-state index in [1.807, 2.05) is 38.4 Å². The molecular formula is C23H26N6O. The van der Waals surface area contributed by atoms with Crippen molar-refractivity contribution in [2.75, 3.05) is 0 Å². The summed E-state index contributed by atoms with van der Waals surface area (Å²) in [7, 11) is 0. The Kier molecular flexibility index (Phi) is 4.43. The van der Waals surface area contributed by atoms with E-state index < -0.39 is 0 Å². The van der Waals surface area contributed by atoms with E-state index in [0.29, 0.717) is 35.0 Å². The molecule has 0 aromatic carbocycles. The van der Waals surface area contributed by atoms with Gasteiger partial charge in [0.1, 0.15) is 11.3 Å². The number of hydrogen-bond donors (Lipinski definition) is 1. The summed E-state index contributed by atoms with van der Waals surface area (Å²) in [6.45, 7) is 8.34. The van der Waals surface area contributed by atoms with E-state index in [4.69, 9.17) is 4.98 Å². The third-order valence-corrected chi connectivity index (χ3v) is 6.02. The topological polar surface area (TPSA) is 76.6 Å². The summed E-state index contributed by atoms with van der Waals surface area (Å²) in [6.07, 6.45) is 5.99. The molecule has 4 aromatic heterocycles. The zero-order valence-corrected chi connectivity index (χ0v) is 17.8. The fourth-order valence-electron chi connectivity index (χ4n) is 4.75. The molecule has 0 amide bonds. The molecule has 7 nitrogen and oxygen atoms in total. The Morgan fingerprint density at radius 1 is 1.00 bits per heavy atom. The maximum Gasteiger partial charge on any atom is 0.258 e. The average Bonchev–Trinajstić information content (AvgIpc) is 3.11. The number of aromatic nitrogens is 5. The van der Waals surface area contributed by atoms with Gasteiger partial charge in [-0.25, -0.2) is 9.50 Å². The highest BCUT2D eigenvalue weighted by Crippen LogP contribution is 2.30. The minimum absolute atomic E-state index is 0.0880. The standard InChI is InChI=1S/C23H26N6O/c1-13-7-18(8-14(2)24-13)17-5-6-22-26-19(10-23(30)28(22)12-17)20-9-21-16(4)25-15(3)11-29(21)27-20/h5-6,9-14,18,24H,7-8H2,1-4H3/t13-,14-/m0/s1. The molecule has 30 heavy (non-hydrogen) atoms. The lowest BCUT2D eigenvalue weighted by atomic mass is 9.84. The minimum atomic E-state index is -0.0880. The summed E-state index contributed by atoms with van der Waals surface area (Å²) in [5, 5.41) is 8.20. The number of piperidine rings is 1. The van der Waals surface area contributed by atoms with Gasteiger partial charge in [-0.05, 0) is 64.2 Å². The summed E-state index contributed by atoms with van der Waals surface area (Å²) < 4.78 is 3.46. The quantitative estimate of drug-likeness (QED) is 0.557. The summed E-state index contributed by atoms with van der Waals surface area (Å²) in [5.74, 6) is 0.449. The van der Waals surface area contributed by atoms with E-state index in [9.17, 15) is 4.79 Å². The van der Waals surface area contributed by atoms with Crippen LogP contribution in [0.3, 0.4) is 0 Å². The van der Waals surface area contributed by atoms with Crippen molar-refractivity contribution in [3.05, 3.63) is 64.0 Å². The molecule has 5 rings (SSSR count). The predicted molar refractivity (Wildman–Crippen MR) is 117 cm³/mol. The molecule has 0 spiro atoms. The Morgan fingerprint density at radius 2 is 1.77 bits per heavy atom. The van der Waals surface area contributed by atoms with Crippen molar-refractivity contribution in [3.63, 3.8) is 0 Å². The Balaban J connectivity index is 1.56. The first kappa shape index (κ1) is 18.9. The number of aryl methyl sites for hydroxylation is 2. The Labute approximate surface area is 174 Å². The first-order valence-corrected chi connectivity index (χ1v) is 10.5. The molecular weight excluding hydrogens is 376 g/mol. The van der Waals surface area contributed by atoms with E-state index in [1.54, 1.807) is 15.0 Å². The number of hydrogen-bond acceptors (Lipinski definition) is 5. The lowest BCUT2D eigenvalue weighted by Crippen LogP contribution is -2.41. The summed E-state index contributed by atoms with van der Waals surface area (Å²) >= 11 is 0. The van der Waals surface area contributed by atoms with Crippen molar-refractivity contribution >= 4 is 11.2 Å². The maximum atomic E-state index is 12.9. The third kappa shape index (κ3) is 3.29. The van der Waals surface area contributed by atoms with Crippen LogP contribution in [0, 0.1) is 13.8 Å². The van der Waals surface area contributed by atoms with Gasteiger partial charge in [-0.1, -0.05) is 6.07 Å². The molecule has 2 atom stereocenters. The molecule has 4 aromatic rings. The first-order valence-electron chi connectivity index (χ1n) is 10.5. The molecule has 0 unspecified atom stereocenters. The van der Waals surface area contributed by atoms with Crippen LogP contribution < -0.4 is 10.9 Å². The fourth-order valence-corrected chi connectivity index (χ4v) is 4.75. The Morgan fingerprint density at radius 3 is 2.53 bits per heavy atom. The van der Waals surface area contributed by atoms with Crippen molar-refractivity contribution in [1.82, 2.24) is 29.3 Å². The molecule has 1 N–H and O–H groups in total. The van der Waals surface area contributed by atoms with E-state index in [0.717, 1.165) is 29.7 Å². The highest BCUT2D eigenvalue weighted by Gasteiger charge is 2.25. The molecule has 0 bridgehead atoms. The van der Waals surface area contributed by atoms with Crippen LogP contribution in [0.15, 0.2) is 41.5 Å². The van der Waals surface area contributed by atoms with Crippen LogP contribution in [0.2, 0.25) is 0 Å². The number of pyridine rings is 1. The van der Waals surface area contributed by atoms with Gasteiger partial charge in [-0.2, -0.15) is 5.10 Å². The lowest BCUT2D eigenvalue weighted by molar-refractivity contribution is 0.316. The van der Waals surface area contributed by atoms with Crippen molar-refractivity contribution in [2.45, 2.75) is 58.5 Å². The summed E-state index contributed by atoms with van der Waals surface area (Å²) in [5.41, 5.74) is 5.73. The van der Waals surface area contributed by atoms with Crippen LogP contribution >= 0.6 is 0 Å². The zero-order valence-electron chi connectivity index (χ0n) is 17.8. The SMILES string of the molecule is Cc1cn2nc(-c3cc(=O)n4cc(C5C[C@H](C)N[C@@H](C)C5)ccc4n3)cc2c(C)n1. The first-order chi connectivity index (χ1) is 14.4. The molecule has 0 radical (unpaired) electrons. The molecule has 0 aliphatic carbocycles. The molecule has 1 aliphatic heterocycles. The summed E-state index contributed by atoms with van der Waals surface area (Å²) in [6, 6.07) is 8.52. The molecule has 1 aliphatic rings. The number of rotatable bonds is 2. The Hall–Kier alpha value is -3.06. The van der Waals surface area contributed by atoms with Gasteiger partial charge in [0.2, 0.25) is 0 Å². The second-order valence-electron chi connectivity index (χ2n) is 8.63. The van der Waals surface area contributed by atoms with Crippen molar-refractivity contribution in [1.29, 1.82) is 0 Å². The molecule has 0 saturated carbocycles. The number of fused-ring (bicyclic) bond motifs is 2. The van der Waals surface area contributed by atoms with Gasteiger partial charge < -0.3 is 5.32 Å². The van der Waals surface area contributed by atoms with Gasteiger partial charge in [0.25, 0.3) is 5.56 Å². The van der Waals surface area contributed by atoms with Gasteiger partial charge in [0, 0.05) is 24.3 Å². The van der Waals surface area contributed by atoms with E-state index in [1.165, 1.54) is 5.56 Å². The van der Waals surface area contributed by atoms with Gasteiger partial charge in [-0.3, -0.25) is 14.2 Å². The zero-order chi connectivity index (χ0) is 21.0. The monoisotopic (exact) mass is 402 g/mol. The highest BCUT2D eigenvalue weighted by atomic mass is 16.1. The number of nitrogens with one attached hydrogen (secondary N) is 1. The lowest BCUT2D eigenvalue weighted by Gasteiger charge is -2.33. The largest absolute Gasteiger partial charge is 0.312 e. The van der Waals surface area contributed by atoms with E-state index in [-0.39, 0.29) is 5.56 Å². The highest BCUT2D eigenvalue weighted by molar-refractivity contribution is 5.66. The molecule has 5 heterocycles. The van der Waals surface area contributed by atoms with Crippen LogP contribution in [0.25, 0.3) is 22.6 Å². The van der Waals surface area contributed by atoms with Crippen molar-refractivity contribution < 1.29 is 0 Å². The van der Waals surface area contributed by atoms with Crippen LogP contribution in [0.1, 0.15) is 49.6 Å². The van der Waals surface area contributed by atoms with Crippen LogP contribution in [0.4, 0.5) is 0 Å². The number of nitrogens with zero attached hydrogens (tertiary/aromatic N) is 5.